The third-order valence-electron chi connectivity index (χ3n) is 3.88. The molecule has 1 saturated heterocycles. The summed E-state index contributed by atoms with van der Waals surface area (Å²) in [5.74, 6) is 0.790. The number of aromatic nitrogens is 3. The van der Waals surface area contributed by atoms with Gasteiger partial charge in [0.15, 0.2) is 10.8 Å². The van der Waals surface area contributed by atoms with Crippen molar-refractivity contribution in [3.05, 3.63) is 41.3 Å². The minimum atomic E-state index is 0. The molecule has 1 aliphatic heterocycles. The van der Waals surface area contributed by atoms with E-state index in [4.69, 9.17) is 9.72 Å². The number of hydrogen-bond acceptors (Lipinski definition) is 7. The van der Waals surface area contributed by atoms with Crippen molar-refractivity contribution in [2.45, 2.75) is 6.04 Å². The molecule has 1 atom stereocenters. The van der Waals surface area contributed by atoms with Crippen LogP contribution in [0.5, 0.6) is 5.75 Å². The molecule has 1 fully saturated rings. The van der Waals surface area contributed by atoms with E-state index in [9.17, 15) is 0 Å². The van der Waals surface area contributed by atoms with E-state index in [1.807, 2.05) is 12.1 Å². The largest absolute Gasteiger partial charge is 0.490 e. The van der Waals surface area contributed by atoms with Crippen molar-refractivity contribution >= 4 is 55.2 Å². The van der Waals surface area contributed by atoms with Gasteiger partial charge in [0.1, 0.15) is 12.4 Å². The first-order valence-corrected chi connectivity index (χ1v) is 9.33. The van der Waals surface area contributed by atoms with Gasteiger partial charge in [0.25, 0.3) is 0 Å². The fourth-order valence-electron chi connectivity index (χ4n) is 2.69. The predicted molar refractivity (Wildman–Crippen MR) is 106 cm³/mol. The van der Waals surface area contributed by atoms with Crippen molar-refractivity contribution in [3.63, 3.8) is 0 Å². The molecule has 0 aromatic carbocycles. The summed E-state index contributed by atoms with van der Waals surface area (Å²) in [5.41, 5.74) is 0.795. The van der Waals surface area contributed by atoms with E-state index in [0.29, 0.717) is 6.61 Å². The second-order valence-corrected chi connectivity index (χ2v) is 7.45. The molecular weight excluding hydrogens is 426 g/mol. The number of nitrogens with one attached hydrogen (secondary N) is 1. The van der Waals surface area contributed by atoms with Gasteiger partial charge in [-0.1, -0.05) is 11.3 Å². The van der Waals surface area contributed by atoms with Crippen LogP contribution in [-0.4, -0.2) is 47.2 Å². The van der Waals surface area contributed by atoms with E-state index in [1.165, 1.54) is 0 Å². The van der Waals surface area contributed by atoms with Crippen molar-refractivity contribution < 1.29 is 4.74 Å². The molecule has 1 unspecified atom stereocenters. The van der Waals surface area contributed by atoms with Crippen LogP contribution in [0.25, 0.3) is 10.3 Å². The summed E-state index contributed by atoms with van der Waals surface area (Å²) in [6.07, 6.45) is 5.26. The van der Waals surface area contributed by atoms with E-state index in [2.05, 4.69) is 42.2 Å². The number of pyridine rings is 2. The standard InChI is InChI=1S/C16H16BrN5OS.ClH/c17-11-6-14-15(20-7-11)21-16(24-14)22-5-4-19-8-12(22)10-23-13-2-1-3-18-9-13;/h1-3,6-7,9,12,19H,4-5,8,10H2;1H. The number of hydrogen-bond donors (Lipinski definition) is 1. The summed E-state index contributed by atoms with van der Waals surface area (Å²) in [6.45, 7) is 3.30. The van der Waals surface area contributed by atoms with E-state index in [0.717, 1.165) is 45.3 Å². The first-order valence-electron chi connectivity index (χ1n) is 7.72. The third kappa shape index (κ3) is 4.20. The summed E-state index contributed by atoms with van der Waals surface area (Å²) in [7, 11) is 0. The molecule has 132 valence electrons. The molecule has 0 spiro atoms. The maximum atomic E-state index is 5.90. The number of nitrogens with zero attached hydrogens (tertiary/aromatic N) is 4. The lowest BCUT2D eigenvalue weighted by Crippen LogP contribution is -2.54. The monoisotopic (exact) mass is 441 g/mol. The van der Waals surface area contributed by atoms with Crippen molar-refractivity contribution in [1.82, 2.24) is 20.3 Å². The molecule has 0 bridgehead atoms. The highest BCUT2D eigenvalue weighted by atomic mass is 79.9. The minimum Gasteiger partial charge on any atom is -0.490 e. The molecule has 1 N–H and O–H groups in total. The van der Waals surface area contributed by atoms with Crippen molar-refractivity contribution in [2.24, 2.45) is 0 Å². The molecule has 0 amide bonds. The third-order valence-corrected chi connectivity index (χ3v) is 5.34. The fraction of sp³-hybridized carbons (Fsp3) is 0.312. The molecule has 6 nitrogen and oxygen atoms in total. The molecule has 25 heavy (non-hydrogen) atoms. The zero-order valence-electron chi connectivity index (χ0n) is 13.3. The number of thiazole rings is 1. The van der Waals surface area contributed by atoms with Gasteiger partial charge in [0, 0.05) is 36.5 Å². The van der Waals surface area contributed by atoms with Crippen LogP contribution in [0, 0.1) is 0 Å². The molecule has 0 radical (unpaired) electrons. The molecule has 0 aliphatic carbocycles. The second kappa shape index (κ2) is 8.27. The van der Waals surface area contributed by atoms with E-state index in [-0.39, 0.29) is 18.4 Å². The Balaban J connectivity index is 0.00000182. The van der Waals surface area contributed by atoms with Crippen LogP contribution in [0.4, 0.5) is 5.13 Å². The summed E-state index contributed by atoms with van der Waals surface area (Å²) < 4.78 is 7.96. The normalized spacial score (nSPS) is 17.3. The second-order valence-electron chi connectivity index (χ2n) is 5.52. The number of anilines is 1. The molecule has 1 aliphatic rings. The molecule has 4 rings (SSSR count). The van der Waals surface area contributed by atoms with Gasteiger partial charge in [-0.3, -0.25) is 4.98 Å². The first kappa shape index (κ1) is 18.3. The molecule has 3 aromatic rings. The lowest BCUT2D eigenvalue weighted by Gasteiger charge is -2.35. The summed E-state index contributed by atoms with van der Waals surface area (Å²) in [5, 5.41) is 4.43. The van der Waals surface area contributed by atoms with Crippen LogP contribution < -0.4 is 15.0 Å². The maximum absolute atomic E-state index is 5.90. The number of fused-ring (bicyclic) bond motifs is 1. The Morgan fingerprint density at radius 3 is 3.16 bits per heavy atom. The van der Waals surface area contributed by atoms with Crippen LogP contribution >= 0.6 is 39.7 Å². The average molecular weight is 443 g/mol. The molecule has 0 saturated carbocycles. The van der Waals surface area contributed by atoms with Crippen molar-refractivity contribution in [1.29, 1.82) is 0 Å². The van der Waals surface area contributed by atoms with Crippen LogP contribution in [0.15, 0.2) is 41.3 Å². The van der Waals surface area contributed by atoms with E-state index in [1.54, 1.807) is 29.9 Å². The highest BCUT2D eigenvalue weighted by Gasteiger charge is 2.26. The number of halogens is 2. The Morgan fingerprint density at radius 1 is 1.40 bits per heavy atom. The molecule has 4 heterocycles. The van der Waals surface area contributed by atoms with Gasteiger partial charge in [-0.25, -0.2) is 4.98 Å². The van der Waals surface area contributed by atoms with Gasteiger partial charge < -0.3 is 15.0 Å². The molecular formula is C16H17BrClN5OS. The van der Waals surface area contributed by atoms with Crippen LogP contribution in [-0.2, 0) is 0 Å². The van der Waals surface area contributed by atoms with Gasteiger partial charge in [-0.05, 0) is 34.1 Å². The fourth-order valence-corrected chi connectivity index (χ4v) is 4.24. The van der Waals surface area contributed by atoms with Crippen LogP contribution in [0.1, 0.15) is 0 Å². The number of piperazine rings is 1. The average Bonchev–Trinajstić information content (AvgIpc) is 3.04. The smallest absolute Gasteiger partial charge is 0.188 e. The van der Waals surface area contributed by atoms with E-state index >= 15 is 0 Å². The highest BCUT2D eigenvalue weighted by molar-refractivity contribution is 9.10. The van der Waals surface area contributed by atoms with Gasteiger partial charge in [0.2, 0.25) is 0 Å². The molecule has 3 aromatic heterocycles. The van der Waals surface area contributed by atoms with Crippen LogP contribution in [0.2, 0.25) is 0 Å². The predicted octanol–water partition coefficient (Wildman–Crippen LogP) is 3.13. The Morgan fingerprint density at radius 2 is 2.32 bits per heavy atom. The lowest BCUT2D eigenvalue weighted by molar-refractivity contribution is 0.266. The maximum Gasteiger partial charge on any atom is 0.188 e. The lowest BCUT2D eigenvalue weighted by atomic mass is 10.2. The van der Waals surface area contributed by atoms with Gasteiger partial charge in [-0.15, -0.1) is 12.4 Å². The highest BCUT2D eigenvalue weighted by Crippen LogP contribution is 2.31. The van der Waals surface area contributed by atoms with Gasteiger partial charge in [0.05, 0.1) is 16.9 Å². The summed E-state index contributed by atoms with van der Waals surface area (Å²) >= 11 is 5.14. The SMILES string of the molecule is Brc1cnc2nc(N3CCNCC3COc3cccnc3)sc2c1.Cl. The van der Waals surface area contributed by atoms with Gasteiger partial charge in [-0.2, -0.15) is 4.98 Å². The zero-order chi connectivity index (χ0) is 16.4. The molecule has 9 heteroatoms. The zero-order valence-corrected chi connectivity index (χ0v) is 16.5. The van der Waals surface area contributed by atoms with Crippen molar-refractivity contribution in [3.8, 4) is 5.75 Å². The van der Waals surface area contributed by atoms with Crippen molar-refractivity contribution in [2.75, 3.05) is 31.1 Å². The first-order chi connectivity index (χ1) is 11.8. The van der Waals surface area contributed by atoms with Gasteiger partial charge >= 0.3 is 0 Å². The van der Waals surface area contributed by atoms with E-state index < -0.39 is 0 Å². The van der Waals surface area contributed by atoms with Crippen LogP contribution in [0.3, 0.4) is 0 Å². The Kier molecular flexibility index (Phi) is 6.06. The summed E-state index contributed by atoms with van der Waals surface area (Å²) in [6, 6.07) is 6.09. The Labute approximate surface area is 164 Å². The Hall–Kier alpha value is -1.48. The summed E-state index contributed by atoms with van der Waals surface area (Å²) in [4.78, 5) is 15.5. The quantitative estimate of drug-likeness (QED) is 0.670. The Bertz CT molecular complexity index is 834. The number of rotatable bonds is 4. The number of ether oxygens (including phenoxy) is 1. The topological polar surface area (TPSA) is 63.2 Å². The minimum absolute atomic E-state index is 0.